The molecule has 7 nitrogen and oxygen atoms in total. The van der Waals surface area contributed by atoms with Crippen LogP contribution in [0.3, 0.4) is 0 Å². The van der Waals surface area contributed by atoms with Crippen LogP contribution in [0.1, 0.15) is 6.42 Å². The van der Waals surface area contributed by atoms with Crippen molar-refractivity contribution in [1.82, 2.24) is 0 Å². The summed E-state index contributed by atoms with van der Waals surface area (Å²) >= 11 is 0. The Balaban J connectivity index is 1.82. The summed E-state index contributed by atoms with van der Waals surface area (Å²) in [5, 5.41) is 11.0. The predicted octanol–water partition coefficient (Wildman–Crippen LogP) is 3.53. The van der Waals surface area contributed by atoms with Gasteiger partial charge in [0, 0.05) is 30.2 Å². The minimum absolute atomic E-state index is 0.150. The van der Waals surface area contributed by atoms with E-state index in [1.807, 2.05) is 0 Å². The highest BCUT2D eigenvalue weighted by molar-refractivity contribution is 5.81. The molecule has 0 bridgehead atoms. The molecule has 0 fully saturated rings. The molecular weight excluding hydrogens is 326 g/mol. The third-order valence-corrected chi connectivity index (χ3v) is 3.95. The molecule has 7 heteroatoms. The number of benzene rings is 2. The zero-order chi connectivity index (χ0) is 17.4. The van der Waals surface area contributed by atoms with Gasteiger partial charge in [0.1, 0.15) is 11.3 Å². The first-order valence-electron chi connectivity index (χ1n) is 7.74. The zero-order valence-electron chi connectivity index (χ0n) is 13.1. The van der Waals surface area contributed by atoms with Crippen molar-refractivity contribution < 1.29 is 18.8 Å². The molecule has 0 aliphatic carbocycles. The molecule has 1 aromatic heterocycles. The van der Waals surface area contributed by atoms with Crippen molar-refractivity contribution in [3.63, 3.8) is 0 Å². The van der Waals surface area contributed by atoms with Gasteiger partial charge < -0.3 is 13.9 Å². The van der Waals surface area contributed by atoms with E-state index in [1.54, 1.807) is 18.2 Å². The van der Waals surface area contributed by atoms with E-state index in [2.05, 4.69) is 0 Å². The van der Waals surface area contributed by atoms with Gasteiger partial charge in [0.2, 0.25) is 0 Å². The predicted molar refractivity (Wildman–Crippen MR) is 90.2 cm³/mol. The Kier molecular flexibility index (Phi) is 3.61. The highest BCUT2D eigenvalue weighted by atomic mass is 16.6. The first kappa shape index (κ1) is 15.2. The van der Waals surface area contributed by atoms with Gasteiger partial charge in [-0.05, 0) is 24.3 Å². The Morgan fingerprint density at radius 1 is 0.960 bits per heavy atom. The molecule has 0 saturated heterocycles. The quantitative estimate of drug-likeness (QED) is 0.524. The fourth-order valence-corrected chi connectivity index (χ4v) is 2.72. The second kappa shape index (κ2) is 5.94. The number of nitro benzene ring substituents is 1. The number of fused-ring (bicyclic) bond motifs is 2. The van der Waals surface area contributed by atoms with Crippen LogP contribution in [0.25, 0.3) is 22.3 Å². The van der Waals surface area contributed by atoms with Crippen molar-refractivity contribution in [3.05, 3.63) is 62.8 Å². The van der Waals surface area contributed by atoms with Crippen LogP contribution in [-0.4, -0.2) is 18.1 Å². The van der Waals surface area contributed by atoms with Gasteiger partial charge in [0.15, 0.2) is 16.9 Å². The van der Waals surface area contributed by atoms with Crippen molar-refractivity contribution in [2.75, 3.05) is 13.2 Å². The normalized spacial score (nSPS) is 13.4. The van der Waals surface area contributed by atoms with Gasteiger partial charge in [-0.15, -0.1) is 0 Å². The molecule has 1 aliphatic rings. The standard InChI is InChI=1S/C18H13NO6/c20-14-10-17(25-15-5-3-12(19(21)22)9-13(14)15)11-2-4-16-18(8-11)24-7-1-6-23-16/h2-5,8-10H,1,6-7H2. The van der Waals surface area contributed by atoms with Gasteiger partial charge in [0.05, 0.1) is 23.5 Å². The van der Waals surface area contributed by atoms with Crippen molar-refractivity contribution >= 4 is 16.7 Å². The zero-order valence-corrected chi connectivity index (χ0v) is 13.1. The largest absolute Gasteiger partial charge is 0.490 e. The summed E-state index contributed by atoms with van der Waals surface area (Å²) in [6.45, 7) is 1.15. The van der Waals surface area contributed by atoms with Gasteiger partial charge in [0.25, 0.3) is 5.69 Å². The van der Waals surface area contributed by atoms with Crippen LogP contribution in [0.15, 0.2) is 51.7 Å². The summed E-state index contributed by atoms with van der Waals surface area (Å²) in [5.74, 6) is 1.61. The lowest BCUT2D eigenvalue weighted by Gasteiger charge is -2.09. The number of rotatable bonds is 2. The fraction of sp³-hybridized carbons (Fsp3) is 0.167. The summed E-state index contributed by atoms with van der Waals surface area (Å²) in [5.41, 5.74) is 0.469. The number of hydrogen-bond donors (Lipinski definition) is 0. The average molecular weight is 339 g/mol. The van der Waals surface area contributed by atoms with Gasteiger partial charge in [-0.2, -0.15) is 0 Å². The second-order valence-corrected chi connectivity index (χ2v) is 5.62. The van der Waals surface area contributed by atoms with Crippen LogP contribution < -0.4 is 14.9 Å². The highest BCUT2D eigenvalue weighted by Gasteiger charge is 2.15. The van der Waals surface area contributed by atoms with Crippen LogP contribution in [0, 0.1) is 10.1 Å². The van der Waals surface area contributed by atoms with E-state index in [0.29, 0.717) is 41.6 Å². The van der Waals surface area contributed by atoms with Gasteiger partial charge >= 0.3 is 0 Å². The molecule has 0 amide bonds. The van der Waals surface area contributed by atoms with E-state index in [4.69, 9.17) is 13.9 Å². The van der Waals surface area contributed by atoms with Crippen LogP contribution >= 0.6 is 0 Å². The van der Waals surface area contributed by atoms with E-state index in [1.165, 1.54) is 24.3 Å². The molecule has 126 valence electrons. The summed E-state index contributed by atoms with van der Waals surface area (Å²) in [4.78, 5) is 22.7. The van der Waals surface area contributed by atoms with Crippen molar-refractivity contribution in [2.45, 2.75) is 6.42 Å². The van der Waals surface area contributed by atoms with Crippen LogP contribution in [-0.2, 0) is 0 Å². The molecule has 1 aliphatic heterocycles. The smallest absolute Gasteiger partial charge is 0.270 e. The lowest BCUT2D eigenvalue weighted by molar-refractivity contribution is -0.384. The maximum atomic E-state index is 12.4. The molecule has 0 saturated carbocycles. The minimum Gasteiger partial charge on any atom is -0.490 e. The lowest BCUT2D eigenvalue weighted by Crippen LogP contribution is -2.01. The molecular formula is C18H13NO6. The fourth-order valence-electron chi connectivity index (χ4n) is 2.72. The number of nitro groups is 1. The third-order valence-electron chi connectivity index (χ3n) is 3.95. The van der Waals surface area contributed by atoms with E-state index in [9.17, 15) is 14.9 Å². The second-order valence-electron chi connectivity index (χ2n) is 5.62. The van der Waals surface area contributed by atoms with Crippen molar-refractivity contribution in [3.8, 4) is 22.8 Å². The molecule has 3 aromatic rings. The number of ether oxygens (including phenoxy) is 2. The summed E-state index contributed by atoms with van der Waals surface area (Å²) in [6, 6.07) is 10.6. The molecule has 2 aromatic carbocycles. The molecule has 4 rings (SSSR count). The summed E-state index contributed by atoms with van der Waals surface area (Å²) < 4.78 is 17.0. The van der Waals surface area contributed by atoms with E-state index >= 15 is 0 Å². The highest BCUT2D eigenvalue weighted by Crippen LogP contribution is 2.34. The number of hydrogen-bond acceptors (Lipinski definition) is 6. The maximum Gasteiger partial charge on any atom is 0.270 e. The SMILES string of the molecule is O=c1cc(-c2ccc3c(c2)OCCCO3)oc2ccc([N+](=O)[O-])cc12. The molecule has 0 radical (unpaired) electrons. The molecule has 0 N–H and O–H groups in total. The van der Waals surface area contributed by atoms with E-state index in [-0.39, 0.29) is 16.5 Å². The molecule has 25 heavy (non-hydrogen) atoms. The van der Waals surface area contributed by atoms with Gasteiger partial charge in [-0.1, -0.05) is 0 Å². The topological polar surface area (TPSA) is 91.8 Å². The Labute approximate surface area is 141 Å². The van der Waals surface area contributed by atoms with E-state index in [0.717, 1.165) is 6.42 Å². The number of nitrogens with zero attached hydrogens (tertiary/aromatic N) is 1. The Morgan fingerprint density at radius 3 is 2.56 bits per heavy atom. The Hall–Kier alpha value is -3.35. The maximum absolute atomic E-state index is 12.4. The van der Waals surface area contributed by atoms with Crippen LogP contribution in [0.2, 0.25) is 0 Å². The Morgan fingerprint density at radius 2 is 1.76 bits per heavy atom. The van der Waals surface area contributed by atoms with E-state index < -0.39 is 4.92 Å². The number of non-ortho nitro benzene ring substituents is 1. The third kappa shape index (κ3) is 2.80. The molecule has 0 unspecified atom stereocenters. The van der Waals surface area contributed by atoms with Gasteiger partial charge in [-0.3, -0.25) is 14.9 Å². The van der Waals surface area contributed by atoms with Crippen molar-refractivity contribution in [1.29, 1.82) is 0 Å². The molecule has 0 spiro atoms. The Bertz CT molecular complexity index is 1040. The average Bonchev–Trinajstić information content (AvgIpc) is 2.86. The van der Waals surface area contributed by atoms with Gasteiger partial charge in [-0.25, -0.2) is 0 Å². The first-order chi connectivity index (χ1) is 12.1. The van der Waals surface area contributed by atoms with Crippen molar-refractivity contribution in [2.24, 2.45) is 0 Å². The summed E-state index contributed by atoms with van der Waals surface area (Å²) in [7, 11) is 0. The first-order valence-corrected chi connectivity index (χ1v) is 7.74. The van der Waals surface area contributed by atoms with Crippen LogP contribution in [0.4, 0.5) is 5.69 Å². The minimum atomic E-state index is -0.545. The monoisotopic (exact) mass is 339 g/mol. The molecule has 0 atom stereocenters. The van der Waals surface area contributed by atoms with Crippen LogP contribution in [0.5, 0.6) is 11.5 Å². The summed E-state index contributed by atoms with van der Waals surface area (Å²) in [6.07, 6.45) is 0.799. The molecule has 2 heterocycles. The lowest BCUT2D eigenvalue weighted by atomic mass is 10.1.